The zero-order valence-electron chi connectivity index (χ0n) is 11.3. The van der Waals surface area contributed by atoms with Crippen molar-refractivity contribution in [2.24, 2.45) is 0 Å². The maximum absolute atomic E-state index is 10.9. The fourth-order valence-corrected chi connectivity index (χ4v) is 3.12. The summed E-state index contributed by atoms with van der Waals surface area (Å²) in [6, 6.07) is 16.3. The van der Waals surface area contributed by atoms with Crippen molar-refractivity contribution < 1.29 is 9.53 Å². The minimum Gasteiger partial charge on any atom is -0.427 e. The van der Waals surface area contributed by atoms with Crippen molar-refractivity contribution in [2.75, 3.05) is 6.26 Å². The van der Waals surface area contributed by atoms with Crippen LogP contribution in [0.2, 0.25) is 0 Å². The van der Waals surface area contributed by atoms with E-state index >= 15 is 0 Å². The van der Waals surface area contributed by atoms with Gasteiger partial charge in [-0.15, -0.1) is 0 Å². The zero-order valence-corrected chi connectivity index (χ0v) is 12.2. The van der Waals surface area contributed by atoms with E-state index in [-0.39, 0.29) is 16.9 Å². The predicted octanol–water partition coefficient (Wildman–Crippen LogP) is 3.59. The van der Waals surface area contributed by atoms with Crippen LogP contribution < -0.4 is 4.74 Å². The SMILES string of the molecule is CC(=O)Oc1ccc([S+](C)c2ccc(C)cc2)cc1. The lowest BCUT2D eigenvalue weighted by Gasteiger charge is -2.04. The molecule has 0 N–H and O–H groups in total. The summed E-state index contributed by atoms with van der Waals surface area (Å²) in [6.07, 6.45) is 2.20. The molecule has 3 heteroatoms. The first-order valence-electron chi connectivity index (χ1n) is 6.07. The van der Waals surface area contributed by atoms with E-state index in [1.807, 2.05) is 24.3 Å². The van der Waals surface area contributed by atoms with Gasteiger partial charge in [-0.25, -0.2) is 0 Å². The van der Waals surface area contributed by atoms with E-state index < -0.39 is 0 Å². The van der Waals surface area contributed by atoms with Gasteiger partial charge in [-0.05, 0) is 43.3 Å². The number of esters is 1. The van der Waals surface area contributed by atoms with Gasteiger partial charge in [0.05, 0.1) is 10.9 Å². The molecule has 2 nitrogen and oxygen atoms in total. The molecule has 0 saturated carbocycles. The second kappa shape index (κ2) is 5.93. The summed E-state index contributed by atoms with van der Waals surface area (Å²) < 4.78 is 5.03. The van der Waals surface area contributed by atoms with Crippen molar-refractivity contribution in [2.45, 2.75) is 23.6 Å². The van der Waals surface area contributed by atoms with E-state index in [4.69, 9.17) is 4.74 Å². The Morgan fingerprint density at radius 2 is 1.42 bits per heavy atom. The Labute approximate surface area is 116 Å². The molecule has 19 heavy (non-hydrogen) atoms. The lowest BCUT2D eigenvalue weighted by molar-refractivity contribution is -0.131. The highest BCUT2D eigenvalue weighted by Crippen LogP contribution is 2.23. The fraction of sp³-hybridized carbons (Fsp3) is 0.188. The van der Waals surface area contributed by atoms with Crippen LogP contribution >= 0.6 is 0 Å². The van der Waals surface area contributed by atoms with E-state index in [1.54, 1.807) is 0 Å². The van der Waals surface area contributed by atoms with Crippen LogP contribution in [-0.4, -0.2) is 12.2 Å². The molecule has 2 rings (SSSR count). The molecule has 0 spiro atoms. The average molecular weight is 273 g/mol. The van der Waals surface area contributed by atoms with E-state index in [1.165, 1.54) is 22.3 Å². The van der Waals surface area contributed by atoms with Crippen molar-refractivity contribution in [3.8, 4) is 5.75 Å². The minimum absolute atomic E-state index is 0.0335. The van der Waals surface area contributed by atoms with E-state index in [2.05, 4.69) is 37.4 Å². The Morgan fingerprint density at radius 1 is 0.947 bits per heavy atom. The topological polar surface area (TPSA) is 26.3 Å². The van der Waals surface area contributed by atoms with Gasteiger partial charge in [0.1, 0.15) is 12.0 Å². The summed E-state index contributed by atoms with van der Waals surface area (Å²) in [4.78, 5) is 13.4. The maximum atomic E-state index is 10.9. The third kappa shape index (κ3) is 3.61. The Morgan fingerprint density at radius 3 is 1.89 bits per heavy atom. The summed E-state index contributed by atoms with van der Waals surface area (Å²) in [5.74, 6) is 0.305. The van der Waals surface area contributed by atoms with Crippen molar-refractivity contribution in [1.29, 1.82) is 0 Å². The first-order valence-corrected chi connectivity index (χ1v) is 7.70. The van der Waals surface area contributed by atoms with Crippen molar-refractivity contribution >= 4 is 16.9 Å². The number of hydrogen-bond acceptors (Lipinski definition) is 2. The molecule has 0 radical (unpaired) electrons. The normalized spacial score (nSPS) is 11.9. The maximum Gasteiger partial charge on any atom is 0.308 e. The number of benzene rings is 2. The molecule has 0 aromatic heterocycles. The molecule has 0 heterocycles. The largest absolute Gasteiger partial charge is 0.427 e. The summed E-state index contributed by atoms with van der Waals surface area (Å²) in [5, 5.41) is 0. The van der Waals surface area contributed by atoms with Gasteiger partial charge in [0.25, 0.3) is 0 Å². The third-order valence-corrected chi connectivity index (χ3v) is 4.77. The van der Waals surface area contributed by atoms with Crippen LogP contribution in [0.3, 0.4) is 0 Å². The van der Waals surface area contributed by atoms with Crippen LogP contribution in [0.5, 0.6) is 5.75 Å². The smallest absolute Gasteiger partial charge is 0.308 e. The summed E-state index contributed by atoms with van der Waals surface area (Å²) in [7, 11) is 0.0335. The summed E-state index contributed by atoms with van der Waals surface area (Å²) in [5.41, 5.74) is 1.27. The van der Waals surface area contributed by atoms with Gasteiger partial charge in [0.15, 0.2) is 9.79 Å². The van der Waals surface area contributed by atoms with E-state index in [0.29, 0.717) is 5.75 Å². The van der Waals surface area contributed by atoms with Crippen LogP contribution in [0, 0.1) is 6.92 Å². The highest BCUT2D eigenvalue weighted by atomic mass is 32.2. The third-order valence-electron chi connectivity index (χ3n) is 2.81. The molecular weight excluding hydrogens is 256 g/mol. The molecule has 0 amide bonds. The minimum atomic E-state index is -0.290. The van der Waals surface area contributed by atoms with E-state index in [9.17, 15) is 4.79 Å². The van der Waals surface area contributed by atoms with Gasteiger partial charge in [-0.2, -0.15) is 0 Å². The van der Waals surface area contributed by atoms with Gasteiger partial charge in [-0.1, -0.05) is 17.7 Å². The van der Waals surface area contributed by atoms with Crippen LogP contribution in [0.4, 0.5) is 0 Å². The molecule has 98 valence electrons. The number of rotatable bonds is 3. The first-order chi connectivity index (χ1) is 9.06. The molecule has 1 atom stereocenters. The second-order valence-corrected chi connectivity index (χ2v) is 6.35. The second-order valence-electron chi connectivity index (χ2n) is 4.39. The lowest BCUT2D eigenvalue weighted by atomic mass is 10.2. The number of carbonyl (C=O) groups excluding carboxylic acids is 1. The van der Waals surface area contributed by atoms with Crippen molar-refractivity contribution in [3.05, 3.63) is 54.1 Å². The monoisotopic (exact) mass is 273 g/mol. The standard InChI is InChI=1S/C16H17O2S/c1-12-4-8-15(9-5-12)19(3)16-10-6-14(7-11-16)18-13(2)17/h4-11H,1-3H3/q+1. The number of aryl methyl sites for hydroxylation is 1. The van der Waals surface area contributed by atoms with Crippen LogP contribution in [0.25, 0.3) is 0 Å². The molecule has 2 aromatic rings. The number of ether oxygens (including phenoxy) is 1. The van der Waals surface area contributed by atoms with Gasteiger partial charge in [-0.3, -0.25) is 4.79 Å². The zero-order chi connectivity index (χ0) is 13.8. The number of carbonyl (C=O) groups is 1. The summed E-state index contributed by atoms with van der Waals surface area (Å²) in [6.45, 7) is 3.50. The van der Waals surface area contributed by atoms with E-state index in [0.717, 1.165) is 0 Å². The molecular formula is C16H17O2S+. The molecule has 2 aromatic carbocycles. The highest BCUT2D eigenvalue weighted by molar-refractivity contribution is 7.96. The molecule has 0 saturated heterocycles. The van der Waals surface area contributed by atoms with Crippen molar-refractivity contribution in [1.82, 2.24) is 0 Å². The Kier molecular flexibility index (Phi) is 4.27. The molecule has 0 fully saturated rings. The Balaban J connectivity index is 2.17. The Bertz CT molecular complexity index is 558. The molecule has 1 unspecified atom stereocenters. The molecule has 0 bridgehead atoms. The van der Waals surface area contributed by atoms with Gasteiger partial charge < -0.3 is 4.74 Å². The number of hydrogen-bond donors (Lipinski definition) is 0. The predicted molar refractivity (Wildman–Crippen MR) is 78.8 cm³/mol. The van der Waals surface area contributed by atoms with Crippen molar-refractivity contribution in [3.63, 3.8) is 0 Å². The molecule has 0 aliphatic heterocycles. The fourth-order valence-electron chi connectivity index (χ4n) is 1.76. The van der Waals surface area contributed by atoms with Gasteiger partial charge in [0.2, 0.25) is 0 Å². The first kappa shape index (κ1) is 13.7. The lowest BCUT2D eigenvalue weighted by Crippen LogP contribution is -2.03. The summed E-state index contributed by atoms with van der Waals surface area (Å²) >= 11 is 0. The quantitative estimate of drug-likeness (QED) is 0.485. The van der Waals surface area contributed by atoms with Gasteiger partial charge in [0, 0.05) is 6.92 Å². The van der Waals surface area contributed by atoms with Crippen LogP contribution in [0.1, 0.15) is 12.5 Å². The molecule has 0 aliphatic carbocycles. The van der Waals surface area contributed by atoms with Crippen LogP contribution in [0.15, 0.2) is 58.3 Å². The van der Waals surface area contributed by atoms with Gasteiger partial charge >= 0.3 is 5.97 Å². The average Bonchev–Trinajstić information content (AvgIpc) is 2.39. The highest BCUT2D eigenvalue weighted by Gasteiger charge is 2.18. The van der Waals surface area contributed by atoms with Crippen LogP contribution in [-0.2, 0) is 15.7 Å². The molecule has 0 aliphatic rings. The Hall–Kier alpha value is -1.74.